The fourth-order valence-electron chi connectivity index (χ4n) is 0.888. The number of carbonyl (C=O) groups is 2. The highest BCUT2D eigenvalue weighted by atomic mass is 16.5. The third-order valence-corrected chi connectivity index (χ3v) is 1.59. The average molecular weight is 209 g/mol. The first kappa shape index (κ1) is 13.2. The fraction of sp³-hybridized carbons (Fsp3) is 0.273. The van der Waals surface area contributed by atoms with Crippen molar-refractivity contribution in [1.82, 2.24) is 0 Å². The number of methoxy groups -OCH3 is 1. The molecule has 0 aliphatic carbocycles. The number of esters is 1. The van der Waals surface area contributed by atoms with Crippen LogP contribution in [0, 0.1) is 0 Å². The highest BCUT2D eigenvalue weighted by molar-refractivity contribution is 5.95. The van der Waals surface area contributed by atoms with Crippen LogP contribution in [0.1, 0.15) is 34.6 Å². The number of rotatable bonds is 2. The van der Waals surface area contributed by atoms with E-state index in [0.717, 1.165) is 0 Å². The van der Waals surface area contributed by atoms with Gasteiger partial charge in [-0.2, -0.15) is 0 Å². The van der Waals surface area contributed by atoms with Crippen LogP contribution in [0.15, 0.2) is 24.3 Å². The van der Waals surface area contributed by atoms with E-state index < -0.39 is 11.9 Å². The van der Waals surface area contributed by atoms with Crippen LogP contribution >= 0.6 is 0 Å². The number of primary amides is 1. The van der Waals surface area contributed by atoms with Crippen LogP contribution in [0.2, 0.25) is 0 Å². The lowest BCUT2D eigenvalue weighted by molar-refractivity contribution is 0.0600. The van der Waals surface area contributed by atoms with Crippen molar-refractivity contribution in [2.45, 2.75) is 13.8 Å². The zero-order chi connectivity index (χ0) is 11.8. The summed E-state index contributed by atoms with van der Waals surface area (Å²) in [6.45, 7) is 4.00. The Balaban J connectivity index is 0.000000921. The molecule has 1 amide bonds. The lowest BCUT2D eigenvalue weighted by Gasteiger charge is -1.99. The Hall–Kier alpha value is -1.84. The van der Waals surface area contributed by atoms with E-state index >= 15 is 0 Å². The van der Waals surface area contributed by atoms with Crippen molar-refractivity contribution in [3.8, 4) is 0 Å². The molecule has 4 nitrogen and oxygen atoms in total. The minimum absolute atomic E-state index is 0.368. The molecular formula is C11H15NO3. The van der Waals surface area contributed by atoms with E-state index in [0.29, 0.717) is 11.1 Å². The Bertz CT molecular complexity index is 330. The van der Waals surface area contributed by atoms with Gasteiger partial charge in [0.25, 0.3) is 0 Å². The average Bonchev–Trinajstić information content (AvgIpc) is 2.31. The second kappa shape index (κ2) is 6.59. The summed E-state index contributed by atoms with van der Waals surface area (Å²) in [5, 5.41) is 0. The highest BCUT2D eigenvalue weighted by Crippen LogP contribution is 2.04. The van der Waals surface area contributed by atoms with Gasteiger partial charge >= 0.3 is 5.97 Å². The molecule has 4 heteroatoms. The van der Waals surface area contributed by atoms with Gasteiger partial charge in [0.2, 0.25) is 5.91 Å². The summed E-state index contributed by atoms with van der Waals surface area (Å²) in [6.07, 6.45) is 0. The van der Waals surface area contributed by atoms with E-state index in [4.69, 9.17) is 5.73 Å². The summed E-state index contributed by atoms with van der Waals surface area (Å²) in [5.74, 6) is -0.951. The number of benzene rings is 1. The Morgan fingerprint density at radius 2 is 1.47 bits per heavy atom. The van der Waals surface area contributed by atoms with Crippen molar-refractivity contribution >= 4 is 11.9 Å². The molecule has 0 unspecified atom stereocenters. The van der Waals surface area contributed by atoms with Gasteiger partial charge < -0.3 is 10.5 Å². The van der Waals surface area contributed by atoms with Gasteiger partial charge in [0.05, 0.1) is 12.7 Å². The monoisotopic (exact) mass is 209 g/mol. The van der Waals surface area contributed by atoms with Gasteiger partial charge in [0, 0.05) is 5.56 Å². The molecule has 1 aromatic rings. The maximum absolute atomic E-state index is 11.0. The molecule has 0 saturated carbocycles. The smallest absolute Gasteiger partial charge is 0.337 e. The predicted octanol–water partition coefficient (Wildman–Crippen LogP) is 1.60. The van der Waals surface area contributed by atoms with Crippen molar-refractivity contribution in [2.24, 2.45) is 5.73 Å². The van der Waals surface area contributed by atoms with Crippen LogP contribution in [0.4, 0.5) is 0 Å². The van der Waals surface area contributed by atoms with Gasteiger partial charge in [-0.05, 0) is 24.3 Å². The maximum Gasteiger partial charge on any atom is 0.337 e. The second-order valence-corrected chi connectivity index (χ2v) is 2.43. The van der Waals surface area contributed by atoms with Gasteiger partial charge in [0.1, 0.15) is 0 Å². The van der Waals surface area contributed by atoms with Gasteiger partial charge in [0.15, 0.2) is 0 Å². The quantitative estimate of drug-likeness (QED) is 0.752. The Morgan fingerprint density at radius 1 is 1.07 bits per heavy atom. The van der Waals surface area contributed by atoms with Crippen molar-refractivity contribution in [3.63, 3.8) is 0 Å². The number of carbonyl (C=O) groups excluding carboxylic acids is 2. The van der Waals surface area contributed by atoms with Crippen LogP contribution in [0.25, 0.3) is 0 Å². The van der Waals surface area contributed by atoms with Gasteiger partial charge in [-0.1, -0.05) is 13.8 Å². The normalized spacial score (nSPS) is 8.47. The standard InChI is InChI=1S/C9H9NO3.C2H6/c1-13-9(12)7-4-2-6(3-5-7)8(10)11;1-2/h2-5H,1H3,(H2,10,11);1-2H3. The highest BCUT2D eigenvalue weighted by Gasteiger charge is 2.05. The summed E-state index contributed by atoms with van der Waals surface area (Å²) in [6, 6.07) is 5.95. The third kappa shape index (κ3) is 3.81. The van der Waals surface area contributed by atoms with Crippen LogP contribution in [0.3, 0.4) is 0 Å². The molecule has 0 bridgehead atoms. The van der Waals surface area contributed by atoms with E-state index in [1.165, 1.54) is 31.4 Å². The van der Waals surface area contributed by atoms with Gasteiger partial charge in [-0.25, -0.2) is 4.79 Å². The minimum Gasteiger partial charge on any atom is -0.465 e. The number of nitrogens with two attached hydrogens (primary N) is 1. The van der Waals surface area contributed by atoms with Crippen molar-refractivity contribution in [1.29, 1.82) is 0 Å². The zero-order valence-electron chi connectivity index (χ0n) is 9.11. The molecule has 0 aliphatic rings. The largest absolute Gasteiger partial charge is 0.465 e. The molecule has 15 heavy (non-hydrogen) atoms. The van der Waals surface area contributed by atoms with E-state index in [-0.39, 0.29) is 0 Å². The maximum atomic E-state index is 11.0. The molecular weight excluding hydrogens is 194 g/mol. The van der Waals surface area contributed by atoms with Crippen LogP contribution in [-0.2, 0) is 4.74 Å². The number of hydrogen-bond donors (Lipinski definition) is 1. The van der Waals surface area contributed by atoms with Crippen LogP contribution in [-0.4, -0.2) is 19.0 Å². The fourth-order valence-corrected chi connectivity index (χ4v) is 0.888. The molecule has 1 rings (SSSR count). The summed E-state index contributed by atoms with van der Waals surface area (Å²) >= 11 is 0. The SMILES string of the molecule is CC.COC(=O)c1ccc(C(N)=O)cc1. The first-order valence-electron chi connectivity index (χ1n) is 4.63. The van der Waals surface area contributed by atoms with Crippen molar-refractivity contribution in [2.75, 3.05) is 7.11 Å². The lowest BCUT2D eigenvalue weighted by atomic mass is 10.1. The van der Waals surface area contributed by atoms with E-state index in [1.807, 2.05) is 13.8 Å². The Kier molecular flexibility index (Phi) is 5.78. The summed E-state index contributed by atoms with van der Waals surface area (Å²) in [5.41, 5.74) is 5.78. The Morgan fingerprint density at radius 3 is 1.80 bits per heavy atom. The molecule has 1 aromatic carbocycles. The number of amides is 1. The van der Waals surface area contributed by atoms with Crippen LogP contribution < -0.4 is 5.73 Å². The summed E-state index contributed by atoms with van der Waals surface area (Å²) in [7, 11) is 1.30. The third-order valence-electron chi connectivity index (χ3n) is 1.59. The Labute approximate surface area is 89.0 Å². The number of hydrogen-bond acceptors (Lipinski definition) is 3. The predicted molar refractivity (Wildman–Crippen MR) is 57.6 cm³/mol. The second-order valence-electron chi connectivity index (χ2n) is 2.43. The molecule has 2 N–H and O–H groups in total. The summed E-state index contributed by atoms with van der Waals surface area (Å²) < 4.78 is 4.48. The van der Waals surface area contributed by atoms with Gasteiger partial charge in [-0.15, -0.1) is 0 Å². The van der Waals surface area contributed by atoms with Gasteiger partial charge in [-0.3, -0.25) is 4.79 Å². The number of ether oxygens (including phenoxy) is 1. The first-order valence-corrected chi connectivity index (χ1v) is 4.63. The topological polar surface area (TPSA) is 69.4 Å². The molecule has 0 fully saturated rings. The molecule has 0 spiro atoms. The van der Waals surface area contributed by atoms with Crippen molar-refractivity contribution in [3.05, 3.63) is 35.4 Å². The molecule has 0 saturated heterocycles. The molecule has 0 aliphatic heterocycles. The molecule has 0 radical (unpaired) electrons. The zero-order valence-corrected chi connectivity index (χ0v) is 9.11. The minimum atomic E-state index is -0.517. The summed E-state index contributed by atoms with van der Waals surface area (Å²) in [4.78, 5) is 21.6. The molecule has 0 atom stereocenters. The lowest BCUT2D eigenvalue weighted by Crippen LogP contribution is -2.11. The molecule has 0 heterocycles. The molecule has 82 valence electrons. The van der Waals surface area contributed by atoms with E-state index in [1.54, 1.807) is 0 Å². The molecule has 0 aromatic heterocycles. The van der Waals surface area contributed by atoms with Crippen LogP contribution in [0.5, 0.6) is 0 Å². The van der Waals surface area contributed by atoms with E-state index in [2.05, 4.69) is 4.74 Å². The van der Waals surface area contributed by atoms with Crippen molar-refractivity contribution < 1.29 is 14.3 Å². The van der Waals surface area contributed by atoms with E-state index in [9.17, 15) is 9.59 Å². The first-order chi connectivity index (χ1) is 7.15.